The standard InChI is InChI=1S/C22H44O5Si/c1-9-19(23)16(6)20(24)17(7)21(27-28(11-3,12-4)13-5)18(8)22(10-2)25-14-15-26-22/h16-19,21,23H,9-15H2,1-8H3/t16-,17-,18-,19+,21+/m0/s1. The van der Waals surface area contributed by atoms with Crippen molar-refractivity contribution >= 4 is 14.1 Å². The SMILES string of the molecule is CC[C@@H](O)[C@H](C)C(=O)[C@H](C)[C@@H](O[Si](CC)(CC)CC)[C@H](C)C1(CC)OCCO1. The molecule has 5 atom stereocenters. The molecule has 1 fully saturated rings. The molecule has 1 aliphatic heterocycles. The molecule has 0 bridgehead atoms. The minimum absolute atomic E-state index is 0.0681. The van der Waals surface area contributed by atoms with E-state index in [1.54, 1.807) is 0 Å². The fourth-order valence-corrected chi connectivity index (χ4v) is 7.54. The van der Waals surface area contributed by atoms with E-state index < -0.39 is 26.1 Å². The number of aliphatic hydroxyl groups excluding tert-OH is 1. The first-order valence-corrected chi connectivity index (χ1v) is 13.9. The number of ketones is 1. The maximum absolute atomic E-state index is 13.2. The first-order valence-electron chi connectivity index (χ1n) is 11.3. The van der Waals surface area contributed by atoms with Crippen LogP contribution >= 0.6 is 0 Å². The molecule has 28 heavy (non-hydrogen) atoms. The molecule has 1 rings (SSSR count). The summed E-state index contributed by atoms with van der Waals surface area (Å²) in [5.41, 5.74) is 0. The second-order valence-corrected chi connectivity index (χ2v) is 13.2. The van der Waals surface area contributed by atoms with Crippen molar-refractivity contribution in [1.82, 2.24) is 0 Å². The van der Waals surface area contributed by atoms with Crippen LogP contribution in [-0.2, 0) is 18.7 Å². The lowest BCUT2D eigenvalue weighted by Gasteiger charge is -2.44. The van der Waals surface area contributed by atoms with E-state index in [1.165, 1.54) is 0 Å². The predicted octanol–water partition coefficient (Wildman–Crippen LogP) is 4.78. The Morgan fingerprint density at radius 1 is 1.00 bits per heavy atom. The van der Waals surface area contributed by atoms with Crippen LogP contribution in [0.2, 0.25) is 18.1 Å². The van der Waals surface area contributed by atoms with Crippen molar-refractivity contribution in [3.05, 3.63) is 0 Å². The Hall–Kier alpha value is -0.273. The van der Waals surface area contributed by atoms with E-state index in [9.17, 15) is 9.90 Å². The molecular weight excluding hydrogens is 372 g/mol. The third-order valence-electron chi connectivity index (χ3n) is 7.16. The van der Waals surface area contributed by atoms with Crippen LogP contribution in [0.3, 0.4) is 0 Å². The zero-order valence-corrected chi connectivity index (χ0v) is 20.4. The summed E-state index contributed by atoms with van der Waals surface area (Å²) in [4.78, 5) is 13.2. The summed E-state index contributed by atoms with van der Waals surface area (Å²) in [7, 11) is -1.94. The van der Waals surface area contributed by atoms with Crippen molar-refractivity contribution in [3.8, 4) is 0 Å². The van der Waals surface area contributed by atoms with Gasteiger partial charge in [-0.3, -0.25) is 4.79 Å². The van der Waals surface area contributed by atoms with Gasteiger partial charge in [0.2, 0.25) is 0 Å². The molecule has 166 valence electrons. The highest BCUT2D eigenvalue weighted by Crippen LogP contribution is 2.40. The van der Waals surface area contributed by atoms with Crippen LogP contribution in [0, 0.1) is 17.8 Å². The summed E-state index contributed by atoms with van der Waals surface area (Å²) in [6, 6.07) is 3.08. The number of hydrogen-bond donors (Lipinski definition) is 1. The summed E-state index contributed by atoms with van der Waals surface area (Å²) in [5.74, 6) is -1.41. The van der Waals surface area contributed by atoms with E-state index in [0.29, 0.717) is 19.6 Å². The van der Waals surface area contributed by atoms with Crippen LogP contribution in [-0.4, -0.2) is 50.4 Å². The highest BCUT2D eigenvalue weighted by Gasteiger charge is 2.49. The lowest BCUT2D eigenvalue weighted by molar-refractivity contribution is -0.216. The molecule has 0 unspecified atom stereocenters. The summed E-state index contributed by atoms with van der Waals surface area (Å²) in [5, 5.41) is 10.2. The Morgan fingerprint density at radius 3 is 1.89 bits per heavy atom. The third kappa shape index (κ3) is 5.45. The molecule has 1 saturated heterocycles. The molecule has 5 nitrogen and oxygen atoms in total. The molecule has 1 heterocycles. The second kappa shape index (κ2) is 11.2. The van der Waals surface area contributed by atoms with Crippen LogP contribution in [0.4, 0.5) is 0 Å². The second-order valence-electron chi connectivity index (χ2n) is 8.43. The molecule has 1 aliphatic rings. The number of aliphatic hydroxyl groups is 1. The van der Waals surface area contributed by atoms with Crippen molar-refractivity contribution < 1.29 is 23.8 Å². The van der Waals surface area contributed by atoms with Gasteiger partial charge in [0.05, 0.1) is 25.4 Å². The lowest BCUT2D eigenvalue weighted by atomic mass is 9.80. The molecule has 0 aliphatic carbocycles. The highest BCUT2D eigenvalue weighted by molar-refractivity contribution is 6.73. The van der Waals surface area contributed by atoms with Gasteiger partial charge in [-0.25, -0.2) is 0 Å². The Kier molecular flexibility index (Phi) is 10.3. The van der Waals surface area contributed by atoms with E-state index in [4.69, 9.17) is 13.9 Å². The number of carbonyl (C=O) groups excluding carboxylic acids is 1. The van der Waals surface area contributed by atoms with E-state index in [2.05, 4.69) is 34.6 Å². The van der Waals surface area contributed by atoms with Crippen molar-refractivity contribution in [3.63, 3.8) is 0 Å². The molecule has 0 radical (unpaired) electrons. The number of hydrogen-bond acceptors (Lipinski definition) is 5. The Labute approximate surface area is 173 Å². The average Bonchev–Trinajstić information content (AvgIpc) is 3.23. The molecule has 0 aromatic rings. The predicted molar refractivity (Wildman–Crippen MR) is 116 cm³/mol. The largest absolute Gasteiger partial charge is 0.413 e. The minimum atomic E-state index is -1.94. The van der Waals surface area contributed by atoms with Crippen LogP contribution in [0.5, 0.6) is 0 Å². The fourth-order valence-electron chi connectivity index (χ4n) is 4.56. The summed E-state index contributed by atoms with van der Waals surface area (Å²) < 4.78 is 19.0. The van der Waals surface area contributed by atoms with Crippen LogP contribution < -0.4 is 0 Å². The molecular formula is C22H44O5Si. The van der Waals surface area contributed by atoms with Crippen LogP contribution in [0.1, 0.15) is 68.2 Å². The maximum atomic E-state index is 13.2. The Morgan fingerprint density at radius 2 is 1.50 bits per heavy atom. The van der Waals surface area contributed by atoms with E-state index in [1.807, 2.05) is 20.8 Å². The maximum Gasteiger partial charge on any atom is 0.192 e. The summed E-state index contributed by atoms with van der Waals surface area (Å²) in [6.07, 6.45) is 0.406. The van der Waals surface area contributed by atoms with Crippen LogP contribution in [0.15, 0.2) is 0 Å². The Balaban J connectivity index is 3.24. The highest BCUT2D eigenvalue weighted by atomic mass is 28.4. The topological polar surface area (TPSA) is 65.0 Å². The first-order chi connectivity index (χ1) is 13.2. The van der Waals surface area contributed by atoms with E-state index >= 15 is 0 Å². The van der Waals surface area contributed by atoms with Gasteiger partial charge >= 0.3 is 0 Å². The Bertz CT molecular complexity index is 465. The number of carbonyl (C=O) groups is 1. The fraction of sp³-hybridized carbons (Fsp3) is 0.955. The molecule has 0 aromatic carbocycles. The third-order valence-corrected chi connectivity index (χ3v) is 11.8. The van der Waals surface area contributed by atoms with Gasteiger partial charge in [0.1, 0.15) is 5.78 Å². The molecule has 6 heteroatoms. The molecule has 0 spiro atoms. The molecule has 0 aromatic heterocycles. The average molecular weight is 417 g/mol. The monoisotopic (exact) mass is 416 g/mol. The van der Waals surface area contributed by atoms with Crippen molar-refractivity contribution in [1.29, 1.82) is 0 Å². The minimum Gasteiger partial charge on any atom is -0.413 e. The van der Waals surface area contributed by atoms with Crippen molar-refractivity contribution in [2.24, 2.45) is 17.8 Å². The lowest BCUT2D eigenvalue weighted by Crippen LogP contribution is -2.53. The van der Waals surface area contributed by atoms with Gasteiger partial charge in [-0.2, -0.15) is 0 Å². The number of Topliss-reactive ketones (excluding diaryl/α,β-unsaturated/α-hetero) is 1. The van der Waals surface area contributed by atoms with Gasteiger partial charge in [0.15, 0.2) is 14.1 Å². The summed E-state index contributed by atoms with van der Waals surface area (Å²) >= 11 is 0. The molecule has 0 amide bonds. The first kappa shape index (κ1) is 25.8. The van der Waals surface area contributed by atoms with Crippen molar-refractivity contribution in [2.45, 2.75) is 104 Å². The zero-order valence-electron chi connectivity index (χ0n) is 19.4. The van der Waals surface area contributed by atoms with Gasteiger partial charge in [-0.1, -0.05) is 55.4 Å². The van der Waals surface area contributed by atoms with Gasteiger partial charge in [0.25, 0.3) is 0 Å². The van der Waals surface area contributed by atoms with E-state index in [-0.39, 0.29) is 23.7 Å². The van der Waals surface area contributed by atoms with Gasteiger partial charge in [-0.15, -0.1) is 0 Å². The molecule has 0 saturated carbocycles. The molecule has 1 N–H and O–H groups in total. The van der Waals surface area contributed by atoms with Crippen LogP contribution in [0.25, 0.3) is 0 Å². The smallest absolute Gasteiger partial charge is 0.192 e. The quantitative estimate of drug-likeness (QED) is 0.438. The summed E-state index contributed by atoms with van der Waals surface area (Å²) in [6.45, 7) is 17.6. The van der Waals surface area contributed by atoms with E-state index in [0.717, 1.165) is 24.6 Å². The number of ether oxygens (including phenoxy) is 2. The number of rotatable bonds is 13. The van der Waals surface area contributed by atoms with Gasteiger partial charge < -0.3 is 19.0 Å². The normalized spacial score (nSPS) is 22.5. The van der Waals surface area contributed by atoms with Crippen molar-refractivity contribution in [2.75, 3.05) is 13.2 Å². The zero-order chi connectivity index (χ0) is 21.5. The van der Waals surface area contributed by atoms with Gasteiger partial charge in [-0.05, 0) is 31.0 Å². The van der Waals surface area contributed by atoms with Gasteiger partial charge in [0, 0.05) is 17.8 Å².